The molecule has 1 heterocycles. The number of alkyl halides is 3. The van der Waals surface area contributed by atoms with Crippen LogP contribution in [0.4, 0.5) is 13.2 Å². The van der Waals surface area contributed by atoms with Gasteiger partial charge in [-0.25, -0.2) is 0 Å². The van der Waals surface area contributed by atoms with Crippen molar-refractivity contribution in [2.24, 2.45) is 0 Å². The van der Waals surface area contributed by atoms with E-state index in [1.807, 2.05) is 6.92 Å². The zero-order valence-corrected chi connectivity index (χ0v) is 26.8. The largest absolute Gasteiger partial charge is 0.541 e. The highest BCUT2D eigenvalue weighted by atomic mass is 35.5. The number of benzene rings is 2. The van der Waals surface area contributed by atoms with E-state index in [4.69, 9.17) is 27.6 Å². The van der Waals surface area contributed by atoms with Crippen LogP contribution in [0.15, 0.2) is 36.4 Å². The molecule has 0 aromatic heterocycles. The summed E-state index contributed by atoms with van der Waals surface area (Å²) in [6.45, 7) is 15.9. The van der Waals surface area contributed by atoms with Crippen molar-refractivity contribution < 1.29 is 27.8 Å². The number of hydrogen-bond acceptors (Lipinski definition) is 4. The minimum absolute atomic E-state index is 0.313. The number of nitrogens with zero attached hydrogens (tertiary/aromatic N) is 1. The zero-order valence-electron chi connectivity index (χ0n) is 24.3. The van der Waals surface area contributed by atoms with Crippen LogP contribution < -0.4 is 4.43 Å². The highest BCUT2D eigenvalue weighted by Crippen LogP contribution is 2.47. The number of aliphatic hydroxyl groups excluding tert-OH is 1. The van der Waals surface area contributed by atoms with Gasteiger partial charge in [0.1, 0.15) is 5.75 Å². The topological polar surface area (TPSA) is 52.9 Å². The third-order valence-corrected chi connectivity index (χ3v) is 15.3. The summed E-state index contributed by atoms with van der Waals surface area (Å²) < 4.78 is 45.6. The van der Waals surface area contributed by atoms with Crippen molar-refractivity contribution in [3.8, 4) is 5.75 Å². The second kappa shape index (κ2) is 12.5. The molecular weight excluding hydrogens is 578 g/mol. The lowest BCUT2D eigenvalue weighted by Gasteiger charge is -2.43. The fourth-order valence-corrected chi connectivity index (χ4v) is 12.4. The van der Waals surface area contributed by atoms with Crippen molar-refractivity contribution in [2.45, 2.75) is 102 Å². The van der Waals surface area contributed by atoms with E-state index in [1.165, 1.54) is 12.1 Å². The Morgan fingerprint density at radius 3 is 1.73 bits per heavy atom. The number of rotatable bonds is 9. The molecule has 0 amide bonds. The van der Waals surface area contributed by atoms with Crippen molar-refractivity contribution >= 4 is 31.5 Å². The zero-order chi connectivity index (χ0) is 30.2. The predicted octanol–water partition coefficient (Wildman–Crippen LogP) is 8.97. The lowest BCUT2D eigenvalue weighted by Crippen LogP contribution is -2.50. The van der Waals surface area contributed by atoms with E-state index in [9.17, 15) is 23.4 Å². The van der Waals surface area contributed by atoms with Crippen LogP contribution in [0.3, 0.4) is 0 Å². The first kappa shape index (κ1) is 33.2. The minimum atomic E-state index is -4.42. The maximum Gasteiger partial charge on any atom is 0.416 e. The molecule has 224 valence electrons. The number of hydrogen-bond donors (Lipinski definition) is 2. The van der Waals surface area contributed by atoms with E-state index in [2.05, 4.69) is 46.4 Å². The van der Waals surface area contributed by atoms with Crippen LogP contribution in [0.2, 0.25) is 26.7 Å². The molecule has 1 saturated heterocycles. The SMILES string of the molecule is CC(C)[Si](Oc1c(Cl)cc(C(O)[C@@H](C)N2CCC(O)(c3ccc(C(F)(F)F)cc3)CC2)cc1Cl)(C(C)C)C(C)C. The molecule has 1 aliphatic rings. The van der Waals surface area contributed by atoms with Crippen LogP contribution in [0, 0.1) is 0 Å². The first-order valence-corrected chi connectivity index (χ1v) is 16.8. The van der Waals surface area contributed by atoms with Gasteiger partial charge in [-0.3, -0.25) is 4.90 Å². The van der Waals surface area contributed by atoms with Crippen molar-refractivity contribution in [3.63, 3.8) is 0 Å². The van der Waals surface area contributed by atoms with E-state index < -0.39 is 31.8 Å². The third kappa shape index (κ3) is 6.68. The molecule has 0 saturated carbocycles. The Morgan fingerprint density at radius 2 is 1.32 bits per heavy atom. The van der Waals surface area contributed by atoms with Crippen molar-refractivity contribution in [1.82, 2.24) is 4.90 Å². The van der Waals surface area contributed by atoms with Gasteiger partial charge >= 0.3 is 6.18 Å². The standard InChI is InChI=1S/C30H42Cl2F3NO3Si/c1-18(2)40(19(3)4,20(5)6)39-28-25(31)16-22(17-26(28)32)27(37)21(7)36-14-12-29(38,13-15-36)23-8-10-24(11-9-23)30(33,34)35/h8-11,16-21,27,37-38H,12-15H2,1-7H3/t21-,27?/m1/s1. The molecular formula is C30H42Cl2F3NO3Si. The molecule has 4 nitrogen and oxygen atoms in total. The van der Waals surface area contributed by atoms with Gasteiger partial charge in [0, 0.05) is 19.1 Å². The summed E-state index contributed by atoms with van der Waals surface area (Å²) in [5.74, 6) is 0.467. The van der Waals surface area contributed by atoms with Gasteiger partial charge in [0.25, 0.3) is 8.32 Å². The summed E-state index contributed by atoms with van der Waals surface area (Å²) in [5, 5.41) is 23.2. The summed E-state index contributed by atoms with van der Waals surface area (Å²) in [6, 6.07) is 7.82. The Kier molecular flexibility index (Phi) is 10.4. The maximum absolute atomic E-state index is 12.9. The number of piperidine rings is 1. The predicted molar refractivity (Wildman–Crippen MR) is 159 cm³/mol. The lowest BCUT2D eigenvalue weighted by atomic mass is 9.83. The van der Waals surface area contributed by atoms with Crippen LogP contribution >= 0.6 is 23.2 Å². The Balaban J connectivity index is 1.74. The molecule has 2 atom stereocenters. The molecule has 1 unspecified atom stereocenters. The highest BCUT2D eigenvalue weighted by molar-refractivity contribution is 6.78. The van der Waals surface area contributed by atoms with Gasteiger partial charge in [0.05, 0.1) is 27.3 Å². The van der Waals surface area contributed by atoms with Gasteiger partial charge in [0.15, 0.2) is 0 Å². The van der Waals surface area contributed by atoms with Crippen molar-refractivity contribution in [3.05, 3.63) is 63.1 Å². The van der Waals surface area contributed by atoms with Crippen molar-refractivity contribution in [2.75, 3.05) is 13.1 Å². The summed E-state index contributed by atoms with van der Waals surface area (Å²) in [5.41, 5.74) is 0.0843. The summed E-state index contributed by atoms with van der Waals surface area (Å²) in [6.07, 6.45) is -4.66. The van der Waals surface area contributed by atoms with Crippen LogP contribution in [0.1, 0.15) is 84.1 Å². The molecule has 1 fully saturated rings. The molecule has 3 rings (SSSR count). The van der Waals surface area contributed by atoms with Gasteiger partial charge in [-0.15, -0.1) is 0 Å². The first-order valence-electron chi connectivity index (χ1n) is 13.9. The number of likely N-dealkylation sites (tertiary alicyclic amines) is 1. The van der Waals surface area contributed by atoms with Crippen LogP contribution in [0.5, 0.6) is 5.75 Å². The van der Waals surface area contributed by atoms with Gasteiger partial charge in [-0.05, 0) is 71.8 Å². The Hall–Kier alpha value is -1.29. The Morgan fingerprint density at radius 1 is 0.875 bits per heavy atom. The van der Waals surface area contributed by atoms with E-state index in [-0.39, 0.29) is 6.04 Å². The summed E-state index contributed by atoms with van der Waals surface area (Å²) in [7, 11) is -2.30. The molecule has 0 bridgehead atoms. The number of aliphatic hydroxyl groups is 2. The Labute approximate surface area is 247 Å². The second-order valence-electron chi connectivity index (χ2n) is 12.1. The molecule has 1 aliphatic heterocycles. The van der Waals surface area contributed by atoms with Crippen LogP contribution in [0.25, 0.3) is 0 Å². The average Bonchev–Trinajstić information content (AvgIpc) is 2.86. The number of halogens is 5. The fraction of sp³-hybridized carbons (Fsp3) is 0.600. The Bertz CT molecular complexity index is 1110. The normalized spacial score (nSPS) is 18.4. The molecule has 0 spiro atoms. The minimum Gasteiger partial charge on any atom is -0.541 e. The van der Waals surface area contributed by atoms with Crippen LogP contribution in [-0.2, 0) is 11.8 Å². The summed E-state index contributed by atoms with van der Waals surface area (Å²) in [4.78, 5) is 2.06. The van der Waals surface area contributed by atoms with Crippen molar-refractivity contribution in [1.29, 1.82) is 0 Å². The molecule has 2 N–H and O–H groups in total. The second-order valence-corrected chi connectivity index (χ2v) is 18.3. The average molecular weight is 621 g/mol. The molecule has 40 heavy (non-hydrogen) atoms. The van der Waals surface area contributed by atoms with Gasteiger partial charge < -0.3 is 14.6 Å². The lowest BCUT2D eigenvalue weighted by molar-refractivity contribution is -0.137. The highest BCUT2D eigenvalue weighted by Gasteiger charge is 2.48. The molecule has 0 aliphatic carbocycles. The molecule has 2 aromatic carbocycles. The first-order chi connectivity index (χ1) is 18.4. The van der Waals surface area contributed by atoms with Crippen LogP contribution in [-0.4, -0.2) is 42.6 Å². The van der Waals surface area contributed by atoms with Gasteiger partial charge in [-0.2, -0.15) is 13.2 Å². The quantitative estimate of drug-likeness (QED) is 0.275. The maximum atomic E-state index is 12.9. The summed E-state index contributed by atoms with van der Waals surface area (Å²) >= 11 is 13.4. The van der Waals surface area contributed by atoms with Gasteiger partial charge in [0.2, 0.25) is 0 Å². The monoisotopic (exact) mass is 619 g/mol. The van der Waals surface area contributed by atoms with E-state index >= 15 is 0 Å². The van der Waals surface area contributed by atoms with E-state index in [0.29, 0.717) is 69.5 Å². The molecule has 10 heteroatoms. The van der Waals surface area contributed by atoms with E-state index in [0.717, 1.165) is 12.1 Å². The molecule has 0 radical (unpaired) electrons. The smallest absolute Gasteiger partial charge is 0.416 e. The van der Waals surface area contributed by atoms with E-state index in [1.54, 1.807) is 12.1 Å². The fourth-order valence-electron chi connectivity index (χ4n) is 6.42. The molecule has 2 aromatic rings. The van der Waals surface area contributed by atoms with Gasteiger partial charge in [-0.1, -0.05) is 76.9 Å². The third-order valence-electron chi connectivity index (χ3n) is 8.76.